The number of hydrogen-bond donors (Lipinski definition) is 0. The number of fused-ring (bicyclic) bond motifs is 1. The third-order valence-electron chi connectivity index (χ3n) is 1.52. The lowest BCUT2D eigenvalue weighted by Gasteiger charge is -1.92. The Labute approximate surface area is 63.5 Å². The molecule has 2 aromatic rings. The molecule has 0 saturated heterocycles. The van der Waals surface area contributed by atoms with E-state index in [1.54, 1.807) is 12.4 Å². The standard InChI is InChI=1S/C8H5N3/c9-4-7-6-11-3-1-2-8(11)5-10-7/h1-3,5-6H. The Morgan fingerprint density at radius 1 is 1.55 bits per heavy atom. The highest BCUT2D eigenvalue weighted by Gasteiger charge is 1.93. The van der Waals surface area contributed by atoms with Crippen molar-refractivity contribution in [3.63, 3.8) is 0 Å². The summed E-state index contributed by atoms with van der Waals surface area (Å²) in [5, 5.41) is 8.51. The Bertz CT molecular complexity index is 422. The van der Waals surface area contributed by atoms with Crippen LogP contribution in [0.4, 0.5) is 0 Å². The Morgan fingerprint density at radius 2 is 2.45 bits per heavy atom. The molecule has 0 aliphatic carbocycles. The molecular formula is C8H5N3. The molecule has 0 radical (unpaired) electrons. The van der Waals surface area contributed by atoms with Crippen LogP contribution in [0, 0.1) is 11.3 Å². The van der Waals surface area contributed by atoms with Crippen molar-refractivity contribution in [2.45, 2.75) is 0 Å². The van der Waals surface area contributed by atoms with Crippen LogP contribution in [0.1, 0.15) is 5.69 Å². The first-order chi connectivity index (χ1) is 5.40. The van der Waals surface area contributed by atoms with E-state index in [9.17, 15) is 0 Å². The third kappa shape index (κ3) is 0.849. The van der Waals surface area contributed by atoms with Crippen LogP contribution in [0.3, 0.4) is 0 Å². The molecule has 0 bridgehead atoms. The molecule has 0 spiro atoms. The molecule has 3 nitrogen and oxygen atoms in total. The summed E-state index contributed by atoms with van der Waals surface area (Å²) < 4.78 is 1.87. The Balaban J connectivity index is 2.79. The molecule has 2 aromatic heterocycles. The van der Waals surface area contributed by atoms with Crippen LogP contribution < -0.4 is 0 Å². The van der Waals surface area contributed by atoms with Gasteiger partial charge >= 0.3 is 0 Å². The lowest BCUT2D eigenvalue weighted by atomic mass is 10.5. The zero-order chi connectivity index (χ0) is 7.68. The van der Waals surface area contributed by atoms with Crippen molar-refractivity contribution < 1.29 is 0 Å². The first-order valence-electron chi connectivity index (χ1n) is 3.23. The molecule has 11 heavy (non-hydrogen) atoms. The lowest BCUT2D eigenvalue weighted by Crippen LogP contribution is -1.87. The molecular weight excluding hydrogens is 138 g/mol. The highest BCUT2D eigenvalue weighted by atomic mass is 14.9. The van der Waals surface area contributed by atoms with Gasteiger partial charge in [-0.05, 0) is 12.1 Å². The molecule has 52 valence electrons. The van der Waals surface area contributed by atoms with Gasteiger partial charge in [0, 0.05) is 12.4 Å². The largest absolute Gasteiger partial charge is 0.319 e. The fourth-order valence-electron chi connectivity index (χ4n) is 0.992. The minimum atomic E-state index is 0.439. The zero-order valence-electron chi connectivity index (χ0n) is 5.73. The average molecular weight is 143 g/mol. The average Bonchev–Trinajstić information content (AvgIpc) is 2.50. The van der Waals surface area contributed by atoms with Gasteiger partial charge in [0.2, 0.25) is 0 Å². The van der Waals surface area contributed by atoms with E-state index < -0.39 is 0 Å². The van der Waals surface area contributed by atoms with Crippen LogP contribution in [0.25, 0.3) is 5.52 Å². The lowest BCUT2D eigenvalue weighted by molar-refractivity contribution is 1.12. The van der Waals surface area contributed by atoms with Gasteiger partial charge in [-0.2, -0.15) is 5.26 Å². The normalized spacial score (nSPS) is 9.73. The summed E-state index contributed by atoms with van der Waals surface area (Å²) in [5.74, 6) is 0. The summed E-state index contributed by atoms with van der Waals surface area (Å²) in [6.07, 6.45) is 5.27. The highest BCUT2D eigenvalue weighted by molar-refractivity contribution is 5.45. The number of nitrogens with zero attached hydrogens (tertiary/aromatic N) is 3. The Morgan fingerprint density at radius 3 is 3.27 bits per heavy atom. The van der Waals surface area contributed by atoms with E-state index in [0.717, 1.165) is 5.52 Å². The van der Waals surface area contributed by atoms with Crippen molar-refractivity contribution in [3.05, 3.63) is 36.4 Å². The van der Waals surface area contributed by atoms with E-state index in [4.69, 9.17) is 5.26 Å². The monoisotopic (exact) mass is 143 g/mol. The van der Waals surface area contributed by atoms with Gasteiger partial charge in [0.1, 0.15) is 6.07 Å². The van der Waals surface area contributed by atoms with Crippen molar-refractivity contribution in [2.75, 3.05) is 0 Å². The van der Waals surface area contributed by atoms with Gasteiger partial charge in [-0.25, -0.2) is 4.98 Å². The van der Waals surface area contributed by atoms with Crippen LogP contribution in [-0.2, 0) is 0 Å². The van der Waals surface area contributed by atoms with Crippen LogP contribution >= 0.6 is 0 Å². The van der Waals surface area contributed by atoms with Crippen molar-refractivity contribution >= 4 is 5.52 Å². The van der Waals surface area contributed by atoms with Gasteiger partial charge < -0.3 is 4.40 Å². The molecule has 3 heteroatoms. The smallest absolute Gasteiger partial charge is 0.157 e. The SMILES string of the molecule is N#Cc1cn2cccc2cn1. The second-order valence-corrected chi connectivity index (χ2v) is 2.22. The maximum absolute atomic E-state index is 8.51. The van der Waals surface area contributed by atoms with E-state index in [2.05, 4.69) is 4.98 Å². The predicted octanol–water partition coefficient (Wildman–Crippen LogP) is 1.21. The summed E-state index contributed by atoms with van der Waals surface area (Å²) in [7, 11) is 0. The Hall–Kier alpha value is -1.82. The molecule has 0 aromatic carbocycles. The van der Waals surface area contributed by atoms with Gasteiger partial charge in [-0.15, -0.1) is 0 Å². The van der Waals surface area contributed by atoms with Crippen molar-refractivity contribution in [2.24, 2.45) is 0 Å². The van der Waals surface area contributed by atoms with Crippen LogP contribution in [0.5, 0.6) is 0 Å². The van der Waals surface area contributed by atoms with Crippen LogP contribution in [0.2, 0.25) is 0 Å². The topological polar surface area (TPSA) is 41.1 Å². The second kappa shape index (κ2) is 2.10. The predicted molar refractivity (Wildman–Crippen MR) is 39.9 cm³/mol. The molecule has 0 N–H and O–H groups in total. The van der Waals surface area contributed by atoms with Gasteiger partial charge in [0.05, 0.1) is 11.7 Å². The van der Waals surface area contributed by atoms with Gasteiger partial charge in [0.25, 0.3) is 0 Å². The van der Waals surface area contributed by atoms with E-state index in [0.29, 0.717) is 5.69 Å². The summed E-state index contributed by atoms with van der Waals surface area (Å²) in [6.45, 7) is 0. The molecule has 2 heterocycles. The van der Waals surface area contributed by atoms with E-state index in [-0.39, 0.29) is 0 Å². The minimum Gasteiger partial charge on any atom is -0.319 e. The van der Waals surface area contributed by atoms with Crippen molar-refractivity contribution in [1.82, 2.24) is 9.38 Å². The van der Waals surface area contributed by atoms with Crippen molar-refractivity contribution in [1.29, 1.82) is 5.26 Å². The third-order valence-corrected chi connectivity index (χ3v) is 1.52. The fourth-order valence-corrected chi connectivity index (χ4v) is 0.992. The summed E-state index contributed by atoms with van der Waals surface area (Å²) in [5.41, 5.74) is 1.44. The summed E-state index contributed by atoms with van der Waals surface area (Å²) >= 11 is 0. The quantitative estimate of drug-likeness (QED) is 0.556. The Kier molecular flexibility index (Phi) is 1.13. The van der Waals surface area contributed by atoms with E-state index in [1.807, 2.05) is 28.8 Å². The highest BCUT2D eigenvalue weighted by Crippen LogP contribution is 2.02. The number of hydrogen-bond acceptors (Lipinski definition) is 2. The summed E-state index contributed by atoms with van der Waals surface area (Å²) in [6, 6.07) is 5.83. The molecule has 0 aliphatic heterocycles. The van der Waals surface area contributed by atoms with E-state index >= 15 is 0 Å². The number of nitriles is 1. The molecule has 0 unspecified atom stereocenters. The fraction of sp³-hybridized carbons (Fsp3) is 0. The van der Waals surface area contributed by atoms with Crippen LogP contribution in [0.15, 0.2) is 30.7 Å². The molecule has 0 atom stereocenters. The first kappa shape index (κ1) is 5.93. The number of aromatic nitrogens is 2. The van der Waals surface area contributed by atoms with Gasteiger partial charge in [-0.3, -0.25) is 0 Å². The number of rotatable bonds is 0. The summed E-state index contributed by atoms with van der Waals surface area (Å²) in [4.78, 5) is 3.92. The van der Waals surface area contributed by atoms with E-state index in [1.165, 1.54) is 0 Å². The van der Waals surface area contributed by atoms with Crippen molar-refractivity contribution in [3.8, 4) is 6.07 Å². The minimum absolute atomic E-state index is 0.439. The molecule has 0 saturated carbocycles. The van der Waals surface area contributed by atoms with Gasteiger partial charge in [0.15, 0.2) is 5.69 Å². The first-order valence-corrected chi connectivity index (χ1v) is 3.23. The zero-order valence-corrected chi connectivity index (χ0v) is 5.73. The van der Waals surface area contributed by atoms with Crippen LogP contribution in [-0.4, -0.2) is 9.38 Å². The molecule has 0 aliphatic rings. The molecule has 0 amide bonds. The maximum Gasteiger partial charge on any atom is 0.157 e. The second-order valence-electron chi connectivity index (χ2n) is 2.22. The maximum atomic E-state index is 8.51. The molecule has 0 fully saturated rings. The van der Waals surface area contributed by atoms with Gasteiger partial charge in [-0.1, -0.05) is 0 Å². The molecule has 2 rings (SSSR count).